The lowest BCUT2D eigenvalue weighted by Crippen LogP contribution is -2.57. The van der Waals surface area contributed by atoms with Crippen LogP contribution in [0.3, 0.4) is 0 Å². The lowest BCUT2D eigenvalue weighted by molar-refractivity contribution is -0.212. The van der Waals surface area contributed by atoms with Gasteiger partial charge in [0, 0.05) is 19.1 Å². The summed E-state index contributed by atoms with van der Waals surface area (Å²) in [6.45, 7) is 9.74. The van der Waals surface area contributed by atoms with Crippen molar-refractivity contribution < 1.29 is 14.4 Å². The van der Waals surface area contributed by atoms with E-state index in [1.807, 2.05) is 20.8 Å². The third-order valence-corrected chi connectivity index (χ3v) is 3.97. The molecule has 0 amide bonds. The minimum Gasteiger partial charge on any atom is -0.367 e. The van der Waals surface area contributed by atoms with Gasteiger partial charge in [-0.15, -0.1) is 5.06 Å². The molecule has 0 aromatic carbocycles. The third-order valence-electron chi connectivity index (χ3n) is 3.97. The number of aldehydes is 1. The van der Waals surface area contributed by atoms with Gasteiger partial charge in [-0.2, -0.15) is 0 Å². The Morgan fingerprint density at radius 3 is 2.37 bits per heavy atom. The summed E-state index contributed by atoms with van der Waals surface area (Å²) in [6.07, 6.45) is 3.01. The van der Waals surface area contributed by atoms with E-state index in [1.165, 1.54) is 0 Å². The van der Waals surface area contributed by atoms with Crippen molar-refractivity contribution >= 4 is 12.3 Å². The molecule has 0 N–H and O–H groups in total. The van der Waals surface area contributed by atoms with Gasteiger partial charge in [0.1, 0.15) is 6.29 Å². The zero-order valence-electron chi connectivity index (χ0n) is 12.3. The van der Waals surface area contributed by atoms with E-state index in [9.17, 15) is 9.59 Å². The molecule has 2 rings (SSSR count). The Balaban J connectivity index is 1.90. The summed E-state index contributed by atoms with van der Waals surface area (Å²) in [6, 6.07) is 0.231. The van der Waals surface area contributed by atoms with Gasteiger partial charge in [-0.1, -0.05) is 0 Å². The molecule has 2 aliphatic rings. The van der Waals surface area contributed by atoms with Crippen molar-refractivity contribution in [2.75, 3.05) is 19.6 Å². The molecule has 1 saturated carbocycles. The summed E-state index contributed by atoms with van der Waals surface area (Å²) >= 11 is 0. The molecule has 108 valence electrons. The second-order valence-electron chi connectivity index (χ2n) is 6.78. The quantitative estimate of drug-likeness (QED) is 0.721. The molecule has 0 bridgehead atoms. The van der Waals surface area contributed by atoms with Crippen LogP contribution in [0.4, 0.5) is 0 Å². The molecule has 5 heteroatoms. The zero-order chi connectivity index (χ0) is 14.3. The van der Waals surface area contributed by atoms with E-state index in [0.717, 1.165) is 25.7 Å². The number of hydrogen-bond donors (Lipinski definition) is 0. The first-order valence-electron chi connectivity index (χ1n) is 6.99. The molecule has 5 nitrogen and oxygen atoms in total. The van der Waals surface area contributed by atoms with Gasteiger partial charge in [0.25, 0.3) is 0 Å². The van der Waals surface area contributed by atoms with Gasteiger partial charge in [0.2, 0.25) is 0 Å². The second kappa shape index (κ2) is 4.87. The first kappa shape index (κ1) is 14.5. The Kier molecular flexibility index (Phi) is 3.71. The van der Waals surface area contributed by atoms with Crippen molar-refractivity contribution in [2.24, 2.45) is 5.41 Å². The number of nitrogens with zero attached hydrogens (tertiary/aromatic N) is 2. The first-order chi connectivity index (χ1) is 8.78. The summed E-state index contributed by atoms with van der Waals surface area (Å²) in [7, 11) is 0. The zero-order valence-corrected chi connectivity index (χ0v) is 12.3. The smallest absolute Gasteiger partial charge is 0.330 e. The second-order valence-corrected chi connectivity index (χ2v) is 6.78. The van der Waals surface area contributed by atoms with Crippen LogP contribution in [-0.4, -0.2) is 53.4 Å². The number of piperazine rings is 1. The topological polar surface area (TPSA) is 49.9 Å². The van der Waals surface area contributed by atoms with Gasteiger partial charge in [0.15, 0.2) is 0 Å². The van der Waals surface area contributed by atoms with E-state index in [0.29, 0.717) is 13.1 Å². The molecule has 0 spiro atoms. The van der Waals surface area contributed by atoms with Crippen molar-refractivity contribution in [3.05, 3.63) is 0 Å². The number of carbonyl (C=O) groups is 2. The van der Waals surface area contributed by atoms with Crippen LogP contribution in [0, 0.1) is 5.41 Å². The summed E-state index contributed by atoms with van der Waals surface area (Å²) in [5, 5.41) is 1.73. The van der Waals surface area contributed by atoms with Gasteiger partial charge in [-0.05, 0) is 40.5 Å². The lowest BCUT2D eigenvalue weighted by Gasteiger charge is -2.42. The van der Waals surface area contributed by atoms with Gasteiger partial charge in [-0.3, -0.25) is 4.90 Å². The molecule has 1 aliphatic heterocycles. The number of carbonyl (C=O) groups excluding carboxylic acids is 2. The molecule has 0 unspecified atom stereocenters. The fourth-order valence-corrected chi connectivity index (χ4v) is 2.52. The van der Waals surface area contributed by atoms with Crippen LogP contribution >= 0.6 is 0 Å². The van der Waals surface area contributed by atoms with Crippen LogP contribution < -0.4 is 0 Å². The Hall–Kier alpha value is -0.940. The fraction of sp³-hybridized carbons (Fsp3) is 0.857. The maximum Gasteiger partial charge on any atom is 0.330 e. The van der Waals surface area contributed by atoms with Crippen LogP contribution in [0.5, 0.6) is 0 Å². The molecule has 1 atom stereocenters. The van der Waals surface area contributed by atoms with Gasteiger partial charge < -0.3 is 9.63 Å². The van der Waals surface area contributed by atoms with Gasteiger partial charge in [0.05, 0.1) is 17.5 Å². The largest absolute Gasteiger partial charge is 0.367 e. The number of rotatable bonds is 3. The van der Waals surface area contributed by atoms with Gasteiger partial charge in [-0.25, -0.2) is 4.79 Å². The van der Waals surface area contributed by atoms with Crippen molar-refractivity contribution in [3.63, 3.8) is 0 Å². The van der Waals surface area contributed by atoms with E-state index in [1.54, 1.807) is 5.06 Å². The van der Waals surface area contributed by atoms with Crippen molar-refractivity contribution in [1.82, 2.24) is 9.96 Å². The van der Waals surface area contributed by atoms with E-state index < -0.39 is 5.41 Å². The highest BCUT2D eigenvalue weighted by Gasteiger charge is 2.51. The van der Waals surface area contributed by atoms with Crippen LogP contribution in [0.1, 0.15) is 40.5 Å². The maximum absolute atomic E-state index is 11.9. The summed E-state index contributed by atoms with van der Waals surface area (Å²) in [4.78, 5) is 30.7. The van der Waals surface area contributed by atoms with Crippen LogP contribution in [-0.2, 0) is 14.4 Å². The molecule has 2 fully saturated rings. The average Bonchev–Trinajstić information content (AvgIpc) is 3.08. The van der Waals surface area contributed by atoms with Gasteiger partial charge >= 0.3 is 5.97 Å². The maximum atomic E-state index is 11.9. The molecule has 0 aromatic heterocycles. The molecule has 1 aliphatic carbocycles. The van der Waals surface area contributed by atoms with Crippen LogP contribution in [0.2, 0.25) is 0 Å². The third kappa shape index (κ3) is 2.98. The number of hydrogen-bond acceptors (Lipinski definition) is 5. The van der Waals surface area contributed by atoms with Crippen LogP contribution in [0.25, 0.3) is 0 Å². The SMILES string of the molecule is C[C@@H]1CN(OC(=O)C(C)(C)C)CCN1C1(C=O)CC1. The number of hydroxylamine groups is 2. The molecular formula is C14H24N2O3. The Morgan fingerprint density at radius 1 is 1.32 bits per heavy atom. The van der Waals surface area contributed by atoms with E-state index in [-0.39, 0.29) is 17.6 Å². The van der Waals surface area contributed by atoms with Crippen molar-refractivity contribution in [2.45, 2.75) is 52.1 Å². The summed E-state index contributed by atoms with van der Waals surface area (Å²) in [5.41, 5.74) is -0.708. The first-order valence-corrected chi connectivity index (χ1v) is 6.99. The lowest BCUT2D eigenvalue weighted by atomic mass is 9.98. The summed E-state index contributed by atoms with van der Waals surface area (Å²) in [5.74, 6) is -0.204. The van der Waals surface area contributed by atoms with Crippen molar-refractivity contribution in [3.8, 4) is 0 Å². The summed E-state index contributed by atoms with van der Waals surface area (Å²) < 4.78 is 0. The normalized spacial score (nSPS) is 27.9. The Bertz CT molecular complexity index is 371. The molecule has 1 saturated heterocycles. The Morgan fingerprint density at radius 2 is 1.95 bits per heavy atom. The highest BCUT2D eigenvalue weighted by atomic mass is 16.7. The molecule has 0 radical (unpaired) electrons. The van der Waals surface area contributed by atoms with E-state index in [2.05, 4.69) is 11.8 Å². The molecule has 19 heavy (non-hydrogen) atoms. The van der Waals surface area contributed by atoms with Crippen molar-refractivity contribution in [1.29, 1.82) is 0 Å². The molecule has 0 aromatic rings. The minimum atomic E-state index is -0.485. The highest BCUT2D eigenvalue weighted by molar-refractivity contribution is 5.75. The van der Waals surface area contributed by atoms with E-state index in [4.69, 9.17) is 4.84 Å². The predicted molar refractivity (Wildman–Crippen MR) is 71.3 cm³/mol. The predicted octanol–water partition coefficient (Wildman–Crippen LogP) is 1.23. The van der Waals surface area contributed by atoms with Crippen LogP contribution in [0.15, 0.2) is 0 Å². The van der Waals surface area contributed by atoms with E-state index >= 15 is 0 Å². The standard InChI is InChI=1S/C14H24N2O3/c1-11-9-15(19-12(18)13(2,3)4)7-8-16(11)14(10-17)5-6-14/h10-11H,5-9H2,1-4H3/t11-/m1/s1. The fourth-order valence-electron chi connectivity index (χ4n) is 2.52. The minimum absolute atomic E-state index is 0.204. The monoisotopic (exact) mass is 268 g/mol. The molecule has 1 heterocycles. The highest BCUT2D eigenvalue weighted by Crippen LogP contribution is 2.41. The Labute approximate surface area is 114 Å². The average molecular weight is 268 g/mol. The molecular weight excluding hydrogens is 244 g/mol.